The molecule has 1 aliphatic heterocycles. The number of likely N-dealkylation sites (N-methyl/N-ethyl adjacent to an activating group) is 1. The summed E-state index contributed by atoms with van der Waals surface area (Å²) in [5.74, 6) is 2.44. The maximum absolute atomic E-state index is 12.0. The summed E-state index contributed by atoms with van der Waals surface area (Å²) in [4.78, 5) is 25.8. The summed E-state index contributed by atoms with van der Waals surface area (Å²) < 4.78 is 10.2. The molecular weight excluding hydrogens is 424 g/mol. The van der Waals surface area contributed by atoms with Gasteiger partial charge in [0.1, 0.15) is 22.9 Å². The molecule has 2 aromatic heterocycles. The fraction of sp³-hybridized carbons (Fsp3) is 0.364. The van der Waals surface area contributed by atoms with Gasteiger partial charge in [-0.3, -0.25) is 5.10 Å². The summed E-state index contributed by atoms with van der Waals surface area (Å²) in [7, 11) is 4.95. The summed E-state index contributed by atoms with van der Waals surface area (Å²) in [5.41, 5.74) is 1.97. The Kier molecular flexibility index (Phi) is 6.59. The number of anilines is 5. The van der Waals surface area contributed by atoms with Crippen molar-refractivity contribution in [1.29, 1.82) is 0 Å². The number of aromatic nitrogens is 4. The minimum atomic E-state index is -0.465. The number of nitrogens with zero attached hydrogens (tertiary/aromatic N) is 5. The lowest BCUT2D eigenvalue weighted by Gasteiger charge is -2.33. The molecule has 3 aromatic rings. The van der Waals surface area contributed by atoms with Crippen LogP contribution in [0.1, 0.15) is 16.1 Å². The zero-order valence-electron chi connectivity index (χ0n) is 19.2. The molecule has 0 spiro atoms. The van der Waals surface area contributed by atoms with Crippen LogP contribution in [0.4, 0.5) is 29.1 Å². The van der Waals surface area contributed by atoms with E-state index in [9.17, 15) is 4.79 Å². The monoisotopic (exact) mass is 452 g/mol. The van der Waals surface area contributed by atoms with Gasteiger partial charge in [-0.15, -0.1) is 0 Å². The number of hydrogen-bond donors (Lipinski definition) is 3. The van der Waals surface area contributed by atoms with E-state index in [0.29, 0.717) is 34.6 Å². The molecule has 4 rings (SSSR count). The number of methoxy groups -OCH3 is 2. The van der Waals surface area contributed by atoms with Gasteiger partial charge in [0.05, 0.1) is 14.2 Å². The van der Waals surface area contributed by atoms with Gasteiger partial charge in [0, 0.05) is 55.8 Å². The molecule has 0 atom stereocenters. The molecule has 0 amide bonds. The second kappa shape index (κ2) is 9.74. The SMILES string of the molecule is COC(=O)c1ccc(Nc2nc(Nc3cc(C)[nH]n3)cc(N3CCN(C)CC3)n2)cc1OC. The normalized spacial score (nSPS) is 14.1. The second-order valence-corrected chi connectivity index (χ2v) is 7.82. The molecule has 11 heteroatoms. The molecule has 33 heavy (non-hydrogen) atoms. The molecule has 0 bridgehead atoms. The number of nitrogens with one attached hydrogen (secondary N) is 3. The molecule has 3 N–H and O–H groups in total. The molecular formula is C22H28N8O3. The largest absolute Gasteiger partial charge is 0.496 e. The third kappa shape index (κ3) is 5.32. The van der Waals surface area contributed by atoms with Crippen LogP contribution in [0.5, 0.6) is 5.75 Å². The van der Waals surface area contributed by atoms with Gasteiger partial charge in [0.2, 0.25) is 5.95 Å². The zero-order chi connectivity index (χ0) is 23.4. The highest BCUT2D eigenvalue weighted by Crippen LogP contribution is 2.27. The summed E-state index contributed by atoms with van der Waals surface area (Å²) in [6.45, 7) is 5.60. The molecule has 0 unspecified atom stereocenters. The molecule has 1 aromatic carbocycles. The summed E-state index contributed by atoms with van der Waals surface area (Å²) in [6, 6.07) is 8.93. The molecule has 0 aliphatic carbocycles. The van der Waals surface area contributed by atoms with Gasteiger partial charge in [-0.2, -0.15) is 15.1 Å². The van der Waals surface area contributed by atoms with Crippen molar-refractivity contribution >= 4 is 35.1 Å². The van der Waals surface area contributed by atoms with Crippen LogP contribution in [0.15, 0.2) is 30.3 Å². The van der Waals surface area contributed by atoms with Crippen molar-refractivity contribution in [3.05, 3.63) is 41.6 Å². The van der Waals surface area contributed by atoms with Gasteiger partial charge in [-0.05, 0) is 26.1 Å². The van der Waals surface area contributed by atoms with E-state index in [0.717, 1.165) is 37.7 Å². The van der Waals surface area contributed by atoms with Crippen molar-refractivity contribution in [2.45, 2.75) is 6.92 Å². The minimum Gasteiger partial charge on any atom is -0.496 e. The van der Waals surface area contributed by atoms with E-state index in [1.165, 1.54) is 14.2 Å². The maximum atomic E-state index is 12.0. The number of aryl methyl sites for hydroxylation is 1. The van der Waals surface area contributed by atoms with Gasteiger partial charge in [0.25, 0.3) is 0 Å². The number of piperazine rings is 1. The first kappa shape index (κ1) is 22.3. The van der Waals surface area contributed by atoms with E-state index in [1.54, 1.807) is 18.2 Å². The highest BCUT2D eigenvalue weighted by molar-refractivity contribution is 5.93. The van der Waals surface area contributed by atoms with Crippen molar-refractivity contribution in [3.63, 3.8) is 0 Å². The van der Waals surface area contributed by atoms with Gasteiger partial charge in [-0.1, -0.05) is 0 Å². The molecule has 0 radical (unpaired) electrons. The Hall–Kier alpha value is -3.86. The highest BCUT2D eigenvalue weighted by Gasteiger charge is 2.18. The van der Waals surface area contributed by atoms with Crippen LogP contribution in [0.2, 0.25) is 0 Å². The van der Waals surface area contributed by atoms with Gasteiger partial charge in [0.15, 0.2) is 5.82 Å². The van der Waals surface area contributed by atoms with Crippen LogP contribution in [0, 0.1) is 6.92 Å². The van der Waals surface area contributed by atoms with Crippen LogP contribution >= 0.6 is 0 Å². The zero-order valence-corrected chi connectivity index (χ0v) is 19.2. The molecule has 11 nitrogen and oxygen atoms in total. The van der Waals surface area contributed by atoms with Crippen molar-refractivity contribution in [2.75, 3.05) is 63.0 Å². The van der Waals surface area contributed by atoms with Gasteiger partial charge >= 0.3 is 5.97 Å². The van der Waals surface area contributed by atoms with Gasteiger partial charge < -0.3 is 29.9 Å². The van der Waals surface area contributed by atoms with Crippen LogP contribution in [0.25, 0.3) is 0 Å². The number of carbonyl (C=O) groups excluding carboxylic acids is 1. The molecule has 1 fully saturated rings. The lowest BCUT2D eigenvalue weighted by atomic mass is 10.2. The quantitative estimate of drug-likeness (QED) is 0.461. The lowest BCUT2D eigenvalue weighted by molar-refractivity contribution is 0.0597. The number of benzene rings is 1. The van der Waals surface area contributed by atoms with Crippen molar-refractivity contribution in [1.82, 2.24) is 25.1 Å². The standard InChI is InChI=1S/C22H28N8O3/c1-14-11-19(28-27-14)24-18-13-20(30-9-7-29(2)8-10-30)26-22(25-18)23-15-5-6-16(21(31)33-4)17(12-15)32-3/h5-6,11-13H,7-10H2,1-4H3,(H3,23,24,25,26,27,28). The number of carbonyl (C=O) groups is 1. The van der Waals surface area contributed by atoms with Crippen LogP contribution < -0.4 is 20.3 Å². The fourth-order valence-corrected chi connectivity index (χ4v) is 3.54. The summed E-state index contributed by atoms with van der Waals surface area (Å²) >= 11 is 0. The van der Waals surface area contributed by atoms with Crippen molar-refractivity contribution < 1.29 is 14.3 Å². The first-order valence-corrected chi connectivity index (χ1v) is 10.6. The average Bonchev–Trinajstić information content (AvgIpc) is 3.23. The van der Waals surface area contributed by atoms with Crippen LogP contribution in [-0.2, 0) is 4.74 Å². The second-order valence-electron chi connectivity index (χ2n) is 7.82. The highest BCUT2D eigenvalue weighted by atomic mass is 16.5. The Balaban J connectivity index is 1.64. The van der Waals surface area contributed by atoms with E-state index < -0.39 is 5.97 Å². The Morgan fingerprint density at radius 3 is 2.48 bits per heavy atom. The smallest absolute Gasteiger partial charge is 0.341 e. The summed E-state index contributed by atoms with van der Waals surface area (Å²) in [6.07, 6.45) is 0. The van der Waals surface area contributed by atoms with Crippen LogP contribution in [0.3, 0.4) is 0 Å². The van der Waals surface area contributed by atoms with E-state index in [1.807, 2.05) is 19.1 Å². The molecule has 1 aliphatic rings. The maximum Gasteiger partial charge on any atom is 0.341 e. The van der Waals surface area contributed by atoms with E-state index in [4.69, 9.17) is 14.5 Å². The van der Waals surface area contributed by atoms with Gasteiger partial charge in [-0.25, -0.2) is 4.79 Å². The van der Waals surface area contributed by atoms with Crippen molar-refractivity contribution in [2.24, 2.45) is 0 Å². The van der Waals surface area contributed by atoms with E-state index in [2.05, 4.69) is 42.7 Å². The number of ether oxygens (including phenoxy) is 2. The first-order chi connectivity index (χ1) is 15.9. The molecule has 174 valence electrons. The number of aromatic amines is 1. The fourth-order valence-electron chi connectivity index (χ4n) is 3.54. The number of H-pyrrole nitrogens is 1. The Morgan fingerprint density at radius 2 is 1.82 bits per heavy atom. The average molecular weight is 453 g/mol. The molecule has 3 heterocycles. The van der Waals surface area contributed by atoms with E-state index >= 15 is 0 Å². The number of esters is 1. The minimum absolute atomic E-state index is 0.342. The van der Waals surface area contributed by atoms with E-state index in [-0.39, 0.29) is 0 Å². The molecule has 0 saturated carbocycles. The third-order valence-electron chi connectivity index (χ3n) is 5.36. The predicted molar refractivity (Wildman–Crippen MR) is 126 cm³/mol. The Morgan fingerprint density at radius 1 is 1.03 bits per heavy atom. The molecule has 1 saturated heterocycles. The predicted octanol–water partition coefficient (Wildman–Crippen LogP) is 2.54. The Labute approximate surface area is 192 Å². The Bertz CT molecular complexity index is 1120. The third-order valence-corrected chi connectivity index (χ3v) is 5.36. The number of rotatable bonds is 7. The summed E-state index contributed by atoms with van der Waals surface area (Å²) in [5, 5.41) is 13.6. The lowest BCUT2D eigenvalue weighted by Crippen LogP contribution is -2.44. The number of hydrogen-bond acceptors (Lipinski definition) is 10. The first-order valence-electron chi connectivity index (χ1n) is 10.6. The topological polar surface area (TPSA) is 121 Å². The van der Waals surface area contributed by atoms with Crippen LogP contribution in [-0.4, -0.2) is 78.5 Å². The van der Waals surface area contributed by atoms with Crippen molar-refractivity contribution in [3.8, 4) is 5.75 Å².